The molecular weight excluding hydrogens is 487 g/mol. The molecule has 0 fully saturated rings. The molecule has 0 spiro atoms. The maximum absolute atomic E-state index is 14.0. The highest BCUT2D eigenvalue weighted by molar-refractivity contribution is 5.99. The van der Waals surface area contributed by atoms with E-state index in [0.717, 1.165) is 11.4 Å². The number of amides is 1. The number of fused-ring (bicyclic) bond motifs is 1. The molecule has 5 rings (SSSR count). The molecule has 4 aromatic rings. The molecule has 0 saturated heterocycles. The summed E-state index contributed by atoms with van der Waals surface area (Å²) in [6.45, 7) is 4.72. The van der Waals surface area contributed by atoms with E-state index in [-0.39, 0.29) is 30.2 Å². The van der Waals surface area contributed by atoms with Gasteiger partial charge in [0.25, 0.3) is 11.6 Å². The average molecular weight is 514 g/mol. The van der Waals surface area contributed by atoms with Crippen LogP contribution >= 0.6 is 0 Å². The van der Waals surface area contributed by atoms with Gasteiger partial charge < -0.3 is 9.32 Å². The van der Waals surface area contributed by atoms with Crippen molar-refractivity contribution in [2.45, 2.75) is 46.1 Å². The second kappa shape index (κ2) is 9.09. The van der Waals surface area contributed by atoms with Crippen molar-refractivity contribution < 1.29 is 22.4 Å². The molecule has 194 valence electrons. The third kappa shape index (κ3) is 4.58. The van der Waals surface area contributed by atoms with E-state index >= 15 is 0 Å². The molecule has 37 heavy (non-hydrogen) atoms. The molecule has 3 aromatic heterocycles. The summed E-state index contributed by atoms with van der Waals surface area (Å²) in [7, 11) is 1.81. The van der Waals surface area contributed by atoms with E-state index < -0.39 is 11.9 Å². The highest BCUT2D eigenvalue weighted by Gasteiger charge is 2.39. The van der Waals surface area contributed by atoms with Crippen LogP contribution in [0, 0.1) is 12.3 Å². The van der Waals surface area contributed by atoms with Gasteiger partial charge in [0.05, 0.1) is 24.5 Å². The summed E-state index contributed by atoms with van der Waals surface area (Å²) in [6, 6.07) is 5.28. The quantitative estimate of drug-likeness (QED) is 0.425. The third-order valence-corrected chi connectivity index (χ3v) is 6.59. The van der Waals surface area contributed by atoms with Crippen LogP contribution in [-0.2, 0) is 39.3 Å². The first-order valence-corrected chi connectivity index (χ1v) is 11.8. The third-order valence-electron chi connectivity index (χ3n) is 6.59. The number of benzene rings is 1. The van der Waals surface area contributed by atoms with E-state index in [1.807, 2.05) is 20.0 Å². The van der Waals surface area contributed by atoms with Crippen LogP contribution in [0.4, 0.5) is 13.2 Å². The lowest BCUT2D eigenvalue weighted by atomic mass is 9.88. The maximum atomic E-state index is 14.0. The second-order valence-corrected chi connectivity index (χ2v) is 9.13. The number of hydrogen-bond donors (Lipinski definition) is 1. The van der Waals surface area contributed by atoms with Crippen LogP contribution in [0.15, 0.2) is 41.3 Å². The predicted octanol–water partition coefficient (Wildman–Crippen LogP) is 3.75. The number of carbonyl (C=O) groups is 1. The van der Waals surface area contributed by atoms with Gasteiger partial charge in [-0.05, 0) is 55.2 Å². The van der Waals surface area contributed by atoms with Gasteiger partial charge in [0.2, 0.25) is 0 Å². The molecule has 12 heteroatoms. The lowest BCUT2D eigenvalue weighted by Crippen LogP contribution is -2.38. The normalized spacial score (nSPS) is 13.9. The Balaban J connectivity index is 1.64. The monoisotopic (exact) mass is 513 g/mol. The van der Waals surface area contributed by atoms with Gasteiger partial charge in [0.1, 0.15) is 6.26 Å². The number of carbonyl (C=O) groups excluding carboxylic acids is 1. The molecule has 4 heterocycles. The Hall–Kier alpha value is -4.09. The fourth-order valence-corrected chi connectivity index (χ4v) is 4.82. The summed E-state index contributed by atoms with van der Waals surface area (Å²) in [4.78, 5) is 15.4. The molecule has 0 atom stereocenters. The first-order chi connectivity index (χ1) is 17.5. The summed E-state index contributed by atoms with van der Waals surface area (Å²) in [5.41, 5.74) is 2.39. The standard InChI is InChI=1S/C25H26F3N7O2/c1-4-35-14-21(22(31-35)25(26,27)28)19-10-16(12-34-7-8-37-24(34)29)11-20-18(19)5-6-33(23(20)36)13-17-9-15(2)30-32(17)3/h7-11,14,29H,4-6,12-13H2,1-3H3. The number of aryl methyl sites for hydroxylation is 3. The molecule has 0 aliphatic carbocycles. The van der Waals surface area contributed by atoms with E-state index in [0.29, 0.717) is 41.8 Å². The minimum atomic E-state index is -4.66. The summed E-state index contributed by atoms with van der Waals surface area (Å²) < 4.78 is 51.5. The highest BCUT2D eigenvalue weighted by atomic mass is 19.4. The van der Waals surface area contributed by atoms with Gasteiger partial charge in [-0.3, -0.25) is 24.1 Å². The van der Waals surface area contributed by atoms with Crippen LogP contribution in [0.5, 0.6) is 0 Å². The fraction of sp³-hybridized carbons (Fsp3) is 0.360. The van der Waals surface area contributed by atoms with E-state index in [4.69, 9.17) is 9.83 Å². The number of hydrogen-bond acceptors (Lipinski definition) is 5. The van der Waals surface area contributed by atoms with Crippen molar-refractivity contribution in [2.24, 2.45) is 7.05 Å². The summed E-state index contributed by atoms with van der Waals surface area (Å²) >= 11 is 0. The molecule has 1 N–H and O–H groups in total. The van der Waals surface area contributed by atoms with Crippen molar-refractivity contribution >= 4 is 5.91 Å². The average Bonchev–Trinajstić information content (AvgIpc) is 3.54. The van der Waals surface area contributed by atoms with Gasteiger partial charge in [-0.15, -0.1) is 0 Å². The Bertz CT molecular complexity index is 1540. The SMILES string of the molecule is CCn1cc(-c2cc(Cn3ccoc3=N)cc3c2CCN(Cc2cc(C)nn2C)C3=O)c(C(F)(F)F)n1. The van der Waals surface area contributed by atoms with Crippen molar-refractivity contribution in [1.82, 2.24) is 29.0 Å². The zero-order valence-corrected chi connectivity index (χ0v) is 20.6. The first-order valence-electron chi connectivity index (χ1n) is 11.8. The highest BCUT2D eigenvalue weighted by Crippen LogP contribution is 2.40. The number of nitrogens with one attached hydrogen (secondary N) is 1. The largest absolute Gasteiger partial charge is 0.435 e. The summed E-state index contributed by atoms with van der Waals surface area (Å²) in [5.74, 6) is -0.261. The van der Waals surface area contributed by atoms with E-state index in [1.54, 1.807) is 34.8 Å². The Morgan fingerprint density at radius 1 is 1.11 bits per heavy atom. The van der Waals surface area contributed by atoms with Crippen LogP contribution < -0.4 is 5.68 Å². The minimum absolute atomic E-state index is 0.0563. The fourth-order valence-electron chi connectivity index (χ4n) is 4.82. The van der Waals surface area contributed by atoms with Crippen molar-refractivity contribution in [2.75, 3.05) is 6.54 Å². The van der Waals surface area contributed by atoms with Crippen molar-refractivity contribution in [3.8, 4) is 11.1 Å². The van der Waals surface area contributed by atoms with Crippen molar-refractivity contribution in [1.29, 1.82) is 5.41 Å². The predicted molar refractivity (Wildman–Crippen MR) is 126 cm³/mol. The topological polar surface area (TPSA) is 97.9 Å². The number of oxazole rings is 1. The number of aromatic nitrogens is 5. The van der Waals surface area contributed by atoms with Crippen LogP contribution in [-0.4, -0.2) is 41.5 Å². The van der Waals surface area contributed by atoms with Crippen molar-refractivity contribution in [3.05, 3.63) is 76.3 Å². The first kappa shape index (κ1) is 24.6. The van der Waals surface area contributed by atoms with Gasteiger partial charge in [-0.2, -0.15) is 23.4 Å². The molecule has 1 aliphatic rings. The Morgan fingerprint density at radius 3 is 2.49 bits per heavy atom. The Labute approximate surface area is 210 Å². The van der Waals surface area contributed by atoms with Crippen molar-refractivity contribution in [3.63, 3.8) is 0 Å². The summed E-state index contributed by atoms with van der Waals surface area (Å²) in [5, 5.41) is 16.0. The van der Waals surface area contributed by atoms with Crippen LogP contribution in [0.25, 0.3) is 11.1 Å². The lowest BCUT2D eigenvalue weighted by molar-refractivity contribution is -0.141. The maximum Gasteiger partial charge on any atom is 0.435 e. The van der Waals surface area contributed by atoms with Gasteiger partial charge in [-0.25, -0.2) is 0 Å². The van der Waals surface area contributed by atoms with Crippen LogP contribution in [0.3, 0.4) is 0 Å². The minimum Gasteiger partial charge on any atom is -0.432 e. The van der Waals surface area contributed by atoms with Gasteiger partial charge in [0.15, 0.2) is 5.69 Å². The number of alkyl halides is 3. The van der Waals surface area contributed by atoms with Crippen LogP contribution in [0.1, 0.15) is 45.5 Å². The molecule has 0 saturated carbocycles. The molecule has 0 unspecified atom stereocenters. The zero-order valence-electron chi connectivity index (χ0n) is 20.6. The van der Waals surface area contributed by atoms with E-state index in [1.165, 1.54) is 21.7 Å². The number of halogens is 3. The molecule has 0 radical (unpaired) electrons. The Kier molecular flexibility index (Phi) is 6.04. The van der Waals surface area contributed by atoms with E-state index in [2.05, 4.69) is 10.2 Å². The van der Waals surface area contributed by atoms with Gasteiger partial charge in [0, 0.05) is 43.7 Å². The smallest absolute Gasteiger partial charge is 0.432 e. The number of rotatable bonds is 6. The molecular formula is C25H26F3N7O2. The zero-order chi connectivity index (χ0) is 26.5. The molecule has 1 amide bonds. The van der Waals surface area contributed by atoms with E-state index in [9.17, 15) is 18.0 Å². The summed E-state index contributed by atoms with van der Waals surface area (Å²) in [6.07, 6.45) is 0.0471. The molecule has 9 nitrogen and oxygen atoms in total. The van der Waals surface area contributed by atoms with Gasteiger partial charge in [-0.1, -0.05) is 0 Å². The molecule has 0 bridgehead atoms. The second-order valence-electron chi connectivity index (χ2n) is 9.13. The molecule has 1 aliphatic heterocycles. The van der Waals surface area contributed by atoms with Gasteiger partial charge >= 0.3 is 6.18 Å². The Morgan fingerprint density at radius 2 is 1.86 bits per heavy atom. The lowest BCUT2D eigenvalue weighted by Gasteiger charge is -2.30. The molecule has 1 aromatic carbocycles. The van der Waals surface area contributed by atoms with Crippen LogP contribution in [0.2, 0.25) is 0 Å². The number of nitrogens with zero attached hydrogens (tertiary/aromatic N) is 6.